The third-order valence-electron chi connectivity index (χ3n) is 4.16. The van der Waals surface area contributed by atoms with Crippen LogP contribution in [0.2, 0.25) is 5.02 Å². The van der Waals surface area contributed by atoms with Gasteiger partial charge >= 0.3 is 0 Å². The first-order chi connectivity index (χ1) is 12.2. The molecule has 0 aliphatic heterocycles. The van der Waals surface area contributed by atoms with E-state index < -0.39 is 0 Å². The molecule has 0 saturated heterocycles. The summed E-state index contributed by atoms with van der Waals surface area (Å²) in [5.74, 6) is 1.73. The van der Waals surface area contributed by atoms with E-state index in [-0.39, 0.29) is 12.4 Å². The van der Waals surface area contributed by atoms with Crippen LogP contribution in [-0.4, -0.2) is 0 Å². The molecule has 0 aliphatic rings. The Morgan fingerprint density at radius 1 is 1.08 bits per heavy atom. The first-order valence-corrected chi connectivity index (χ1v) is 9.95. The summed E-state index contributed by atoms with van der Waals surface area (Å²) < 4.78 is 7.12. The minimum absolute atomic E-state index is 0. The molecule has 5 heteroatoms. The van der Waals surface area contributed by atoms with Crippen LogP contribution < -0.4 is 5.32 Å². The van der Waals surface area contributed by atoms with Crippen LogP contribution in [0.1, 0.15) is 37.1 Å². The van der Waals surface area contributed by atoms with Crippen molar-refractivity contribution in [3.63, 3.8) is 0 Å². The highest BCUT2D eigenvalue weighted by Crippen LogP contribution is 2.31. The summed E-state index contributed by atoms with van der Waals surface area (Å²) in [6, 6.07) is 20.9. The quantitative estimate of drug-likeness (QED) is 0.344. The molecule has 1 N–H and O–H groups in total. The summed E-state index contributed by atoms with van der Waals surface area (Å²) in [5.41, 5.74) is 2.25. The first-order valence-electron chi connectivity index (χ1n) is 8.50. The highest BCUT2D eigenvalue weighted by molar-refractivity contribution is 14.1. The van der Waals surface area contributed by atoms with Gasteiger partial charge in [-0.2, -0.15) is 0 Å². The molecule has 1 unspecified atom stereocenters. The molecule has 0 bridgehead atoms. The predicted molar refractivity (Wildman–Crippen MR) is 120 cm³/mol. The second-order valence-electron chi connectivity index (χ2n) is 6.02. The van der Waals surface area contributed by atoms with E-state index in [4.69, 9.17) is 16.0 Å². The van der Waals surface area contributed by atoms with Gasteiger partial charge in [0.2, 0.25) is 0 Å². The summed E-state index contributed by atoms with van der Waals surface area (Å²) in [6.07, 6.45) is 2.23. The fourth-order valence-electron chi connectivity index (χ4n) is 2.89. The Bertz CT molecular complexity index is 820. The zero-order chi connectivity index (χ0) is 17.6. The second kappa shape index (κ2) is 10.4. The lowest BCUT2D eigenvalue weighted by atomic mass is 10.0. The maximum Gasteiger partial charge on any atom is 0.135 e. The number of rotatable bonds is 7. The standard InChI is InChI=1S/C21H21ClINO.ClH/c1-2-6-20(15-7-4-3-5-8-15)24-14-17-10-12-21(25-17)18-11-9-16(23)13-19(18)22;/h3-5,7-13,20,24H,2,6,14H2,1H3;1H. The Morgan fingerprint density at radius 2 is 1.85 bits per heavy atom. The van der Waals surface area contributed by atoms with Gasteiger partial charge < -0.3 is 9.73 Å². The third kappa shape index (κ3) is 5.49. The Morgan fingerprint density at radius 3 is 2.54 bits per heavy atom. The normalized spacial score (nSPS) is 11.8. The van der Waals surface area contributed by atoms with Crippen molar-refractivity contribution in [3.05, 3.63) is 80.6 Å². The molecular weight excluding hydrogens is 480 g/mol. The van der Waals surface area contributed by atoms with E-state index in [2.05, 4.69) is 65.2 Å². The number of furan rings is 1. The second-order valence-corrected chi connectivity index (χ2v) is 7.68. The van der Waals surface area contributed by atoms with E-state index >= 15 is 0 Å². The summed E-state index contributed by atoms with van der Waals surface area (Å²) in [6.45, 7) is 2.91. The van der Waals surface area contributed by atoms with Crippen LogP contribution in [0.4, 0.5) is 0 Å². The van der Waals surface area contributed by atoms with Crippen LogP contribution in [0.25, 0.3) is 11.3 Å². The van der Waals surface area contributed by atoms with Gasteiger partial charge in [-0.1, -0.05) is 55.3 Å². The van der Waals surface area contributed by atoms with Crippen LogP contribution in [0.3, 0.4) is 0 Å². The maximum absolute atomic E-state index is 6.34. The summed E-state index contributed by atoms with van der Waals surface area (Å²) >= 11 is 8.60. The molecular formula is C21H22Cl2INO. The van der Waals surface area contributed by atoms with Crippen molar-refractivity contribution in [2.75, 3.05) is 0 Å². The van der Waals surface area contributed by atoms with Crippen molar-refractivity contribution >= 4 is 46.6 Å². The maximum atomic E-state index is 6.34. The topological polar surface area (TPSA) is 25.2 Å². The highest BCUT2D eigenvalue weighted by Gasteiger charge is 2.12. The van der Waals surface area contributed by atoms with Gasteiger partial charge in [0.05, 0.1) is 11.6 Å². The lowest BCUT2D eigenvalue weighted by Crippen LogP contribution is -2.20. The van der Waals surface area contributed by atoms with Crippen LogP contribution in [0.5, 0.6) is 0 Å². The smallest absolute Gasteiger partial charge is 0.135 e. The fraction of sp³-hybridized carbons (Fsp3) is 0.238. The minimum atomic E-state index is 0. The van der Waals surface area contributed by atoms with E-state index in [0.29, 0.717) is 17.6 Å². The molecule has 3 aromatic rings. The lowest BCUT2D eigenvalue weighted by molar-refractivity contribution is 0.439. The van der Waals surface area contributed by atoms with Gasteiger partial charge in [0.25, 0.3) is 0 Å². The van der Waals surface area contributed by atoms with Gasteiger partial charge in [0.1, 0.15) is 11.5 Å². The lowest BCUT2D eigenvalue weighted by Gasteiger charge is -2.18. The Balaban J connectivity index is 0.00000243. The van der Waals surface area contributed by atoms with Gasteiger partial charge in [0, 0.05) is 15.2 Å². The van der Waals surface area contributed by atoms with E-state index in [1.165, 1.54) is 5.56 Å². The largest absolute Gasteiger partial charge is 0.460 e. The molecule has 0 aliphatic carbocycles. The van der Waals surface area contributed by atoms with Crippen molar-refractivity contribution in [1.29, 1.82) is 0 Å². The molecule has 3 rings (SSSR count). The van der Waals surface area contributed by atoms with Gasteiger partial charge in [-0.25, -0.2) is 0 Å². The molecule has 138 valence electrons. The average Bonchev–Trinajstić information content (AvgIpc) is 3.08. The summed E-state index contributed by atoms with van der Waals surface area (Å²) in [4.78, 5) is 0. The summed E-state index contributed by atoms with van der Waals surface area (Å²) in [5, 5.41) is 4.33. The van der Waals surface area contributed by atoms with Crippen molar-refractivity contribution < 1.29 is 4.42 Å². The Hall–Kier alpha value is -1.01. The number of hydrogen-bond acceptors (Lipinski definition) is 2. The molecule has 2 aromatic carbocycles. The monoisotopic (exact) mass is 501 g/mol. The fourth-order valence-corrected chi connectivity index (χ4v) is 3.84. The van der Waals surface area contributed by atoms with Crippen LogP contribution in [-0.2, 0) is 6.54 Å². The van der Waals surface area contributed by atoms with Gasteiger partial charge in [0.15, 0.2) is 0 Å². The van der Waals surface area contributed by atoms with Crippen molar-refractivity contribution in [2.45, 2.75) is 32.4 Å². The van der Waals surface area contributed by atoms with E-state index in [1.54, 1.807) is 0 Å². The van der Waals surface area contributed by atoms with Crippen LogP contribution in [0, 0.1) is 3.57 Å². The predicted octanol–water partition coefficient (Wildman–Crippen LogP) is 7.26. The number of halogens is 3. The third-order valence-corrected chi connectivity index (χ3v) is 5.14. The van der Waals surface area contributed by atoms with E-state index in [9.17, 15) is 0 Å². The molecule has 0 amide bonds. The molecule has 1 heterocycles. The molecule has 26 heavy (non-hydrogen) atoms. The molecule has 1 aromatic heterocycles. The van der Waals surface area contributed by atoms with Crippen molar-refractivity contribution in [2.24, 2.45) is 0 Å². The highest BCUT2D eigenvalue weighted by atomic mass is 127. The Labute approximate surface area is 179 Å². The zero-order valence-corrected chi connectivity index (χ0v) is 18.3. The first kappa shape index (κ1) is 21.3. The average molecular weight is 502 g/mol. The van der Waals surface area contributed by atoms with Gasteiger partial charge in [-0.3, -0.25) is 0 Å². The molecule has 0 saturated carbocycles. The van der Waals surface area contributed by atoms with E-state index in [0.717, 1.165) is 33.5 Å². The Kier molecular flexibility index (Phi) is 8.48. The molecule has 0 fully saturated rings. The van der Waals surface area contributed by atoms with Crippen molar-refractivity contribution in [1.82, 2.24) is 5.32 Å². The number of nitrogens with one attached hydrogen (secondary N) is 1. The SMILES string of the molecule is CCCC(NCc1ccc(-c2ccc(I)cc2Cl)o1)c1ccccc1.Cl. The molecule has 2 nitrogen and oxygen atoms in total. The number of hydrogen-bond donors (Lipinski definition) is 1. The van der Waals surface area contributed by atoms with E-state index in [1.807, 2.05) is 30.3 Å². The van der Waals surface area contributed by atoms with Gasteiger partial charge in [-0.15, -0.1) is 12.4 Å². The molecule has 0 radical (unpaired) electrons. The van der Waals surface area contributed by atoms with Crippen LogP contribution >= 0.6 is 46.6 Å². The minimum Gasteiger partial charge on any atom is -0.460 e. The summed E-state index contributed by atoms with van der Waals surface area (Å²) in [7, 11) is 0. The molecule has 0 spiro atoms. The number of benzene rings is 2. The van der Waals surface area contributed by atoms with Crippen molar-refractivity contribution in [3.8, 4) is 11.3 Å². The molecule has 1 atom stereocenters. The van der Waals surface area contributed by atoms with Crippen LogP contribution in [0.15, 0.2) is 65.1 Å². The van der Waals surface area contributed by atoms with Gasteiger partial charge in [-0.05, 0) is 64.9 Å². The zero-order valence-electron chi connectivity index (χ0n) is 14.5.